The van der Waals surface area contributed by atoms with Crippen molar-refractivity contribution in [3.63, 3.8) is 0 Å². The number of hydrogen-bond donors (Lipinski definition) is 1. The van der Waals surface area contributed by atoms with Crippen LogP contribution in [0.15, 0.2) is 22.7 Å². The highest BCUT2D eigenvalue weighted by Crippen LogP contribution is 2.24. The molecule has 0 radical (unpaired) electrons. The standard InChI is InChI=1S/C13H18BrFN2/c1-9(2)12-8-17(6-5-16-12)13-4-3-10(14)7-11(13)15/h3-4,7,9,12,16H,5-6,8H2,1-2H3. The van der Waals surface area contributed by atoms with E-state index in [9.17, 15) is 4.39 Å². The normalized spacial score (nSPS) is 21.0. The lowest BCUT2D eigenvalue weighted by atomic mass is 10.0. The Bertz CT molecular complexity index is 395. The van der Waals surface area contributed by atoms with Gasteiger partial charge >= 0.3 is 0 Å². The SMILES string of the molecule is CC(C)C1CN(c2ccc(Br)cc2F)CCN1. The third-order valence-electron chi connectivity index (χ3n) is 3.26. The molecular formula is C13H18BrFN2. The molecule has 1 unspecified atom stereocenters. The molecule has 4 heteroatoms. The molecule has 1 fully saturated rings. The molecule has 0 amide bonds. The predicted octanol–water partition coefficient (Wildman–Crippen LogP) is 3.02. The van der Waals surface area contributed by atoms with Gasteiger partial charge in [0.15, 0.2) is 0 Å². The largest absolute Gasteiger partial charge is 0.366 e. The van der Waals surface area contributed by atoms with E-state index in [0.717, 1.165) is 24.1 Å². The predicted molar refractivity (Wildman–Crippen MR) is 72.9 cm³/mol. The lowest BCUT2D eigenvalue weighted by Gasteiger charge is -2.37. The fourth-order valence-corrected chi connectivity index (χ4v) is 2.51. The number of hydrogen-bond acceptors (Lipinski definition) is 2. The molecule has 1 aliphatic heterocycles. The van der Waals surface area contributed by atoms with Gasteiger partial charge in [0.25, 0.3) is 0 Å². The summed E-state index contributed by atoms with van der Waals surface area (Å²) in [5.41, 5.74) is 0.709. The maximum absolute atomic E-state index is 13.9. The average Bonchev–Trinajstić information content (AvgIpc) is 2.29. The number of rotatable bonds is 2. The van der Waals surface area contributed by atoms with E-state index in [1.807, 2.05) is 12.1 Å². The van der Waals surface area contributed by atoms with Crippen LogP contribution in [-0.4, -0.2) is 25.7 Å². The zero-order chi connectivity index (χ0) is 12.4. The summed E-state index contributed by atoms with van der Waals surface area (Å²) >= 11 is 3.28. The molecule has 1 aliphatic rings. The molecule has 17 heavy (non-hydrogen) atoms. The van der Waals surface area contributed by atoms with Crippen molar-refractivity contribution in [3.05, 3.63) is 28.5 Å². The smallest absolute Gasteiger partial charge is 0.147 e. The van der Waals surface area contributed by atoms with Crippen molar-refractivity contribution in [2.24, 2.45) is 5.92 Å². The molecule has 1 aromatic carbocycles. The molecule has 1 heterocycles. The number of anilines is 1. The lowest BCUT2D eigenvalue weighted by molar-refractivity contribution is 0.366. The second-order valence-corrected chi connectivity index (χ2v) is 5.76. The maximum Gasteiger partial charge on any atom is 0.147 e. The molecule has 2 nitrogen and oxygen atoms in total. The van der Waals surface area contributed by atoms with Gasteiger partial charge in [0.2, 0.25) is 0 Å². The highest BCUT2D eigenvalue weighted by atomic mass is 79.9. The molecule has 0 saturated carbocycles. The van der Waals surface area contributed by atoms with Crippen molar-refractivity contribution in [2.75, 3.05) is 24.5 Å². The van der Waals surface area contributed by atoms with Crippen LogP contribution in [-0.2, 0) is 0 Å². The van der Waals surface area contributed by atoms with E-state index in [1.165, 1.54) is 6.07 Å². The van der Waals surface area contributed by atoms with Gasteiger partial charge in [-0.15, -0.1) is 0 Å². The van der Waals surface area contributed by atoms with Gasteiger partial charge < -0.3 is 10.2 Å². The Morgan fingerprint density at radius 1 is 1.47 bits per heavy atom. The van der Waals surface area contributed by atoms with Crippen molar-refractivity contribution >= 4 is 21.6 Å². The molecule has 0 bridgehead atoms. The number of halogens is 2. The van der Waals surface area contributed by atoms with Gasteiger partial charge in [-0.05, 0) is 24.1 Å². The summed E-state index contributed by atoms with van der Waals surface area (Å²) in [5.74, 6) is 0.417. The van der Waals surface area contributed by atoms with Crippen LogP contribution in [0.4, 0.5) is 10.1 Å². The number of nitrogens with one attached hydrogen (secondary N) is 1. The Labute approximate surface area is 110 Å². The summed E-state index contributed by atoms with van der Waals surface area (Å²) in [7, 11) is 0. The maximum atomic E-state index is 13.9. The van der Waals surface area contributed by atoms with Crippen LogP contribution in [0, 0.1) is 11.7 Å². The summed E-state index contributed by atoms with van der Waals surface area (Å²) in [4.78, 5) is 2.13. The van der Waals surface area contributed by atoms with Gasteiger partial charge in [0.1, 0.15) is 5.82 Å². The number of benzene rings is 1. The van der Waals surface area contributed by atoms with Crippen molar-refractivity contribution in [2.45, 2.75) is 19.9 Å². The molecule has 2 rings (SSSR count). The average molecular weight is 301 g/mol. The van der Waals surface area contributed by atoms with Gasteiger partial charge in [-0.3, -0.25) is 0 Å². The van der Waals surface area contributed by atoms with Crippen LogP contribution in [0.25, 0.3) is 0 Å². The Morgan fingerprint density at radius 3 is 2.88 bits per heavy atom. The molecule has 1 saturated heterocycles. The minimum Gasteiger partial charge on any atom is -0.366 e. The van der Waals surface area contributed by atoms with Crippen LogP contribution < -0.4 is 10.2 Å². The first-order valence-electron chi connectivity index (χ1n) is 6.01. The quantitative estimate of drug-likeness (QED) is 0.903. The van der Waals surface area contributed by atoms with Crippen molar-refractivity contribution < 1.29 is 4.39 Å². The zero-order valence-electron chi connectivity index (χ0n) is 10.2. The van der Waals surface area contributed by atoms with E-state index in [4.69, 9.17) is 0 Å². The molecule has 0 aliphatic carbocycles. The van der Waals surface area contributed by atoms with E-state index < -0.39 is 0 Å². The van der Waals surface area contributed by atoms with Crippen LogP contribution in [0.1, 0.15) is 13.8 Å². The Kier molecular flexibility index (Phi) is 4.05. The Hall–Kier alpha value is -0.610. The minimum absolute atomic E-state index is 0.149. The molecular weight excluding hydrogens is 283 g/mol. The van der Waals surface area contributed by atoms with Crippen LogP contribution >= 0.6 is 15.9 Å². The van der Waals surface area contributed by atoms with Gasteiger partial charge in [0.05, 0.1) is 5.69 Å². The first-order valence-corrected chi connectivity index (χ1v) is 6.80. The lowest BCUT2D eigenvalue weighted by Crippen LogP contribution is -2.53. The van der Waals surface area contributed by atoms with Crippen LogP contribution in [0.2, 0.25) is 0 Å². The van der Waals surface area contributed by atoms with E-state index in [2.05, 4.69) is 40.0 Å². The number of nitrogens with zero attached hydrogens (tertiary/aromatic N) is 1. The first-order chi connectivity index (χ1) is 8.08. The zero-order valence-corrected chi connectivity index (χ0v) is 11.8. The summed E-state index contributed by atoms with van der Waals surface area (Å²) in [6.45, 7) is 7.04. The molecule has 0 aromatic heterocycles. The van der Waals surface area contributed by atoms with Crippen molar-refractivity contribution in [3.8, 4) is 0 Å². The Morgan fingerprint density at radius 2 is 2.24 bits per heavy atom. The van der Waals surface area contributed by atoms with E-state index in [1.54, 1.807) is 0 Å². The minimum atomic E-state index is -0.149. The monoisotopic (exact) mass is 300 g/mol. The first kappa shape index (κ1) is 12.8. The molecule has 1 aromatic rings. The summed E-state index contributed by atoms with van der Waals surface area (Å²) in [6, 6.07) is 5.71. The van der Waals surface area contributed by atoms with Crippen molar-refractivity contribution in [1.82, 2.24) is 5.32 Å². The summed E-state index contributed by atoms with van der Waals surface area (Å²) < 4.78 is 14.7. The second-order valence-electron chi connectivity index (χ2n) is 4.85. The van der Waals surface area contributed by atoms with Gasteiger partial charge in [0, 0.05) is 30.1 Å². The third-order valence-corrected chi connectivity index (χ3v) is 3.75. The van der Waals surface area contributed by atoms with E-state index >= 15 is 0 Å². The number of piperazine rings is 1. The van der Waals surface area contributed by atoms with Gasteiger partial charge in [-0.1, -0.05) is 29.8 Å². The summed E-state index contributed by atoms with van der Waals surface area (Å²) in [5, 5.41) is 3.48. The molecule has 94 valence electrons. The highest BCUT2D eigenvalue weighted by molar-refractivity contribution is 9.10. The topological polar surface area (TPSA) is 15.3 Å². The second kappa shape index (κ2) is 5.36. The van der Waals surface area contributed by atoms with Gasteiger partial charge in [-0.25, -0.2) is 4.39 Å². The van der Waals surface area contributed by atoms with Crippen LogP contribution in [0.5, 0.6) is 0 Å². The van der Waals surface area contributed by atoms with Crippen LogP contribution in [0.3, 0.4) is 0 Å². The Balaban J connectivity index is 2.16. The summed E-state index contributed by atoms with van der Waals surface area (Å²) in [6.07, 6.45) is 0. The van der Waals surface area contributed by atoms with E-state index in [-0.39, 0.29) is 5.82 Å². The highest BCUT2D eigenvalue weighted by Gasteiger charge is 2.23. The fraction of sp³-hybridized carbons (Fsp3) is 0.538. The molecule has 1 atom stereocenters. The van der Waals surface area contributed by atoms with Crippen molar-refractivity contribution in [1.29, 1.82) is 0 Å². The molecule has 1 N–H and O–H groups in total. The van der Waals surface area contributed by atoms with E-state index in [0.29, 0.717) is 17.6 Å². The fourth-order valence-electron chi connectivity index (χ4n) is 2.18. The molecule has 0 spiro atoms. The van der Waals surface area contributed by atoms with Gasteiger partial charge in [-0.2, -0.15) is 0 Å². The third kappa shape index (κ3) is 2.99.